The first-order valence-electron chi connectivity index (χ1n) is 6.17. The molecule has 0 saturated heterocycles. The van der Waals surface area contributed by atoms with E-state index in [1.165, 1.54) is 33.1 Å². The SMILES string of the molecule is COc1ccc(-c2nnc(SC)n(N)c2=O)c(OC)c1OC. The summed E-state index contributed by atoms with van der Waals surface area (Å²) in [6.07, 6.45) is 1.75. The van der Waals surface area contributed by atoms with Crippen molar-refractivity contribution in [2.75, 3.05) is 33.4 Å². The summed E-state index contributed by atoms with van der Waals surface area (Å²) >= 11 is 1.23. The van der Waals surface area contributed by atoms with Gasteiger partial charge in [-0.2, -0.15) is 4.68 Å². The van der Waals surface area contributed by atoms with Crippen LogP contribution in [-0.2, 0) is 0 Å². The van der Waals surface area contributed by atoms with Crippen molar-refractivity contribution in [1.82, 2.24) is 14.9 Å². The van der Waals surface area contributed by atoms with Crippen LogP contribution in [0.1, 0.15) is 0 Å². The lowest BCUT2D eigenvalue weighted by molar-refractivity contribution is 0.325. The van der Waals surface area contributed by atoms with Crippen molar-refractivity contribution in [1.29, 1.82) is 0 Å². The third kappa shape index (κ3) is 2.54. The van der Waals surface area contributed by atoms with Crippen LogP contribution in [-0.4, -0.2) is 42.5 Å². The van der Waals surface area contributed by atoms with Crippen molar-refractivity contribution < 1.29 is 14.2 Å². The van der Waals surface area contributed by atoms with E-state index in [1.54, 1.807) is 18.4 Å². The predicted molar refractivity (Wildman–Crippen MR) is 83.3 cm³/mol. The monoisotopic (exact) mass is 324 g/mol. The van der Waals surface area contributed by atoms with Crippen LogP contribution in [0.5, 0.6) is 17.2 Å². The van der Waals surface area contributed by atoms with Gasteiger partial charge in [0.05, 0.1) is 26.9 Å². The molecule has 0 unspecified atom stereocenters. The molecule has 22 heavy (non-hydrogen) atoms. The molecular weight excluding hydrogens is 308 g/mol. The molecule has 0 bridgehead atoms. The molecule has 1 heterocycles. The van der Waals surface area contributed by atoms with E-state index in [1.807, 2.05) is 0 Å². The van der Waals surface area contributed by atoms with Gasteiger partial charge in [0.15, 0.2) is 17.2 Å². The van der Waals surface area contributed by atoms with E-state index in [9.17, 15) is 4.79 Å². The second-order valence-corrected chi connectivity index (χ2v) is 4.87. The lowest BCUT2D eigenvalue weighted by Crippen LogP contribution is -2.32. The number of ether oxygens (including phenoxy) is 3. The summed E-state index contributed by atoms with van der Waals surface area (Å²) in [5.74, 6) is 6.90. The van der Waals surface area contributed by atoms with Gasteiger partial charge >= 0.3 is 0 Å². The van der Waals surface area contributed by atoms with Crippen LogP contribution in [0.3, 0.4) is 0 Å². The highest BCUT2D eigenvalue weighted by Crippen LogP contribution is 2.42. The highest BCUT2D eigenvalue weighted by molar-refractivity contribution is 7.98. The van der Waals surface area contributed by atoms with Crippen molar-refractivity contribution in [2.45, 2.75) is 5.16 Å². The maximum Gasteiger partial charge on any atom is 0.299 e. The maximum absolute atomic E-state index is 12.4. The van der Waals surface area contributed by atoms with Gasteiger partial charge in [-0.3, -0.25) is 4.79 Å². The first-order valence-corrected chi connectivity index (χ1v) is 7.39. The van der Waals surface area contributed by atoms with Crippen LogP contribution in [0.2, 0.25) is 0 Å². The number of benzene rings is 1. The third-order valence-electron chi connectivity index (χ3n) is 3.00. The van der Waals surface area contributed by atoms with Crippen LogP contribution in [0.15, 0.2) is 22.1 Å². The molecule has 118 valence electrons. The molecule has 0 atom stereocenters. The van der Waals surface area contributed by atoms with E-state index in [-0.39, 0.29) is 5.69 Å². The smallest absolute Gasteiger partial charge is 0.299 e. The summed E-state index contributed by atoms with van der Waals surface area (Å²) in [5.41, 5.74) is 0.00692. The summed E-state index contributed by atoms with van der Waals surface area (Å²) < 4.78 is 16.8. The zero-order valence-corrected chi connectivity index (χ0v) is 13.4. The van der Waals surface area contributed by atoms with Gasteiger partial charge in [-0.05, 0) is 18.4 Å². The largest absolute Gasteiger partial charge is 0.493 e. The topological polar surface area (TPSA) is 101 Å². The van der Waals surface area contributed by atoms with Crippen molar-refractivity contribution in [3.63, 3.8) is 0 Å². The van der Waals surface area contributed by atoms with E-state index in [2.05, 4.69) is 10.2 Å². The molecule has 0 aliphatic carbocycles. The Morgan fingerprint density at radius 2 is 1.77 bits per heavy atom. The average Bonchev–Trinajstić information content (AvgIpc) is 2.55. The molecule has 1 aromatic carbocycles. The van der Waals surface area contributed by atoms with E-state index < -0.39 is 5.56 Å². The molecule has 8 nitrogen and oxygen atoms in total. The van der Waals surface area contributed by atoms with Crippen molar-refractivity contribution in [3.05, 3.63) is 22.5 Å². The van der Waals surface area contributed by atoms with Crippen LogP contribution in [0.4, 0.5) is 0 Å². The lowest BCUT2D eigenvalue weighted by Gasteiger charge is -2.15. The number of nitrogen functional groups attached to an aromatic ring is 1. The minimum atomic E-state index is -0.482. The Bertz CT molecular complexity index is 748. The summed E-state index contributed by atoms with van der Waals surface area (Å²) in [7, 11) is 4.45. The van der Waals surface area contributed by atoms with Crippen LogP contribution in [0.25, 0.3) is 11.3 Å². The minimum Gasteiger partial charge on any atom is -0.493 e. The van der Waals surface area contributed by atoms with Crippen molar-refractivity contribution >= 4 is 11.8 Å². The fourth-order valence-corrected chi connectivity index (χ4v) is 2.38. The number of thioether (sulfide) groups is 1. The molecule has 0 fully saturated rings. The molecule has 0 aliphatic heterocycles. The Labute approximate surface area is 131 Å². The average molecular weight is 324 g/mol. The maximum atomic E-state index is 12.4. The number of nitrogens with zero attached hydrogens (tertiary/aromatic N) is 3. The van der Waals surface area contributed by atoms with Crippen molar-refractivity contribution in [2.24, 2.45) is 0 Å². The van der Waals surface area contributed by atoms with E-state index in [0.717, 1.165) is 4.68 Å². The summed E-state index contributed by atoms with van der Waals surface area (Å²) in [4.78, 5) is 12.4. The first kappa shape index (κ1) is 16.0. The van der Waals surface area contributed by atoms with Crippen molar-refractivity contribution in [3.8, 4) is 28.5 Å². The Kier molecular flexibility index (Phi) is 4.76. The third-order valence-corrected chi connectivity index (χ3v) is 3.65. The Morgan fingerprint density at radius 3 is 2.32 bits per heavy atom. The van der Waals surface area contributed by atoms with Crippen LogP contribution in [0, 0.1) is 0 Å². The van der Waals surface area contributed by atoms with Crippen LogP contribution >= 0.6 is 11.8 Å². The first-order chi connectivity index (χ1) is 10.6. The number of rotatable bonds is 5. The molecule has 0 radical (unpaired) electrons. The molecule has 1 aromatic heterocycles. The zero-order chi connectivity index (χ0) is 16.3. The Morgan fingerprint density at radius 1 is 1.09 bits per heavy atom. The van der Waals surface area contributed by atoms with Gasteiger partial charge in [0.1, 0.15) is 0 Å². The second-order valence-electron chi connectivity index (χ2n) is 4.09. The molecule has 9 heteroatoms. The molecule has 0 spiro atoms. The highest BCUT2D eigenvalue weighted by atomic mass is 32.2. The fraction of sp³-hybridized carbons (Fsp3) is 0.308. The molecule has 2 N–H and O–H groups in total. The zero-order valence-electron chi connectivity index (χ0n) is 12.6. The number of methoxy groups -OCH3 is 3. The molecular formula is C13H16N4O4S. The molecule has 2 aromatic rings. The summed E-state index contributed by atoms with van der Waals surface area (Å²) in [6.45, 7) is 0. The van der Waals surface area contributed by atoms with Gasteiger partial charge in [-0.1, -0.05) is 11.8 Å². The normalized spacial score (nSPS) is 10.4. The summed E-state index contributed by atoms with van der Waals surface area (Å²) in [5, 5.41) is 8.20. The Balaban J connectivity index is 2.73. The molecule has 0 amide bonds. The number of hydrogen-bond acceptors (Lipinski definition) is 8. The van der Waals surface area contributed by atoms with Gasteiger partial charge in [0.2, 0.25) is 10.9 Å². The quantitative estimate of drug-likeness (QED) is 0.635. The summed E-state index contributed by atoms with van der Waals surface area (Å²) in [6, 6.07) is 3.30. The Hall–Kier alpha value is -2.42. The fourth-order valence-electron chi connectivity index (χ4n) is 1.98. The molecule has 0 saturated carbocycles. The van der Waals surface area contributed by atoms with Gasteiger partial charge in [-0.25, -0.2) is 0 Å². The van der Waals surface area contributed by atoms with E-state index in [0.29, 0.717) is 28.0 Å². The highest BCUT2D eigenvalue weighted by Gasteiger charge is 2.21. The van der Waals surface area contributed by atoms with Crippen LogP contribution < -0.4 is 25.6 Å². The standard InChI is InChI=1S/C13H16N4O4S/c1-19-8-6-5-7(10(20-2)11(8)21-3)9-12(18)17(14)13(22-4)16-15-9/h5-6H,14H2,1-4H3. The second kappa shape index (κ2) is 6.56. The number of aromatic nitrogens is 3. The minimum absolute atomic E-state index is 0.0677. The predicted octanol–water partition coefficient (Wildman–Crippen LogP) is 0.767. The van der Waals surface area contributed by atoms with Gasteiger partial charge in [0, 0.05) is 0 Å². The van der Waals surface area contributed by atoms with E-state index in [4.69, 9.17) is 20.1 Å². The molecule has 0 aliphatic rings. The van der Waals surface area contributed by atoms with Gasteiger partial charge < -0.3 is 20.1 Å². The van der Waals surface area contributed by atoms with E-state index >= 15 is 0 Å². The van der Waals surface area contributed by atoms with Gasteiger partial charge in [-0.15, -0.1) is 10.2 Å². The number of nitrogens with two attached hydrogens (primary N) is 1. The number of hydrogen-bond donors (Lipinski definition) is 1. The molecule has 2 rings (SSSR count). The van der Waals surface area contributed by atoms with Gasteiger partial charge in [0.25, 0.3) is 5.56 Å². The lowest BCUT2D eigenvalue weighted by atomic mass is 10.1.